The number of aryl methyl sites for hydroxylation is 2. The maximum absolute atomic E-state index is 5.10. The van der Waals surface area contributed by atoms with E-state index in [0.29, 0.717) is 0 Å². The van der Waals surface area contributed by atoms with Gasteiger partial charge < -0.3 is 0 Å². The third kappa shape index (κ3) is 4.35. The Labute approximate surface area is 210 Å². The molecule has 1 atom stereocenters. The summed E-state index contributed by atoms with van der Waals surface area (Å²) in [6.07, 6.45) is 0. The van der Waals surface area contributed by atoms with E-state index in [9.17, 15) is 0 Å². The second kappa shape index (κ2) is 10.2. The molecule has 1 aromatic heterocycles. The van der Waals surface area contributed by atoms with Crippen LogP contribution in [0.4, 0.5) is 0 Å². The van der Waals surface area contributed by atoms with Crippen LogP contribution in [-0.4, -0.2) is 28.2 Å². The van der Waals surface area contributed by atoms with E-state index in [-0.39, 0.29) is 3.39 Å². The summed E-state index contributed by atoms with van der Waals surface area (Å²) >= 11 is -1.78. The van der Waals surface area contributed by atoms with Crippen LogP contribution in [0, 0.1) is 13.8 Å². The fourth-order valence-electron chi connectivity index (χ4n) is 4.86. The SMILES string of the molecule is Cc1cc(C)n([CH](Sc2ccccc2)[Sn]([c]2ccccc2)([c]2ccccc2)[c]2ccccc2)n1. The predicted molar refractivity (Wildman–Crippen MR) is 147 cm³/mol. The van der Waals surface area contributed by atoms with Crippen LogP contribution in [0.1, 0.15) is 14.8 Å². The van der Waals surface area contributed by atoms with Gasteiger partial charge >= 0.3 is 212 Å². The first-order valence-electron chi connectivity index (χ1n) is 11.6. The molecule has 0 aliphatic carbocycles. The fourth-order valence-corrected chi connectivity index (χ4v) is 24.6. The summed E-state index contributed by atoms with van der Waals surface area (Å²) in [5, 5.41) is 5.10. The van der Waals surface area contributed by atoms with Crippen molar-refractivity contribution in [2.75, 3.05) is 0 Å². The Bertz CT molecular complexity index is 1240. The third-order valence-corrected chi connectivity index (χ3v) is 24.1. The molecule has 0 radical (unpaired) electrons. The van der Waals surface area contributed by atoms with E-state index in [1.165, 1.54) is 21.3 Å². The van der Waals surface area contributed by atoms with Gasteiger partial charge in [-0.25, -0.2) is 0 Å². The molecule has 0 spiro atoms. The van der Waals surface area contributed by atoms with Crippen molar-refractivity contribution in [2.45, 2.75) is 22.1 Å². The molecule has 1 unspecified atom stereocenters. The Hall–Kier alpha value is -2.76. The van der Waals surface area contributed by atoms with Crippen LogP contribution in [-0.2, 0) is 0 Å². The predicted octanol–water partition coefficient (Wildman–Crippen LogP) is 5.50. The van der Waals surface area contributed by atoms with Gasteiger partial charge in [0.05, 0.1) is 0 Å². The number of nitrogens with zero attached hydrogens (tertiary/aromatic N) is 2. The Morgan fingerprint density at radius 2 is 1.03 bits per heavy atom. The zero-order valence-corrected chi connectivity index (χ0v) is 23.2. The van der Waals surface area contributed by atoms with E-state index < -0.39 is 18.4 Å². The number of aromatic nitrogens is 2. The monoisotopic (exact) mass is 568 g/mol. The molecule has 0 saturated carbocycles. The van der Waals surface area contributed by atoms with Crippen molar-refractivity contribution in [3.63, 3.8) is 0 Å². The Balaban J connectivity index is 1.88. The number of hydrogen-bond acceptors (Lipinski definition) is 2. The van der Waals surface area contributed by atoms with Gasteiger partial charge in [0.1, 0.15) is 0 Å². The van der Waals surface area contributed by atoms with Crippen molar-refractivity contribution in [3.05, 3.63) is 139 Å². The quantitative estimate of drug-likeness (QED) is 0.191. The molecule has 4 aromatic carbocycles. The van der Waals surface area contributed by atoms with Crippen molar-refractivity contribution >= 4 is 40.9 Å². The topological polar surface area (TPSA) is 17.8 Å². The average Bonchev–Trinajstić information content (AvgIpc) is 3.24. The van der Waals surface area contributed by atoms with Crippen LogP contribution in [0.25, 0.3) is 0 Å². The number of thioether (sulfide) groups is 1. The van der Waals surface area contributed by atoms with Gasteiger partial charge in [0.15, 0.2) is 0 Å². The molecule has 0 amide bonds. The Morgan fingerprint density at radius 1 is 0.618 bits per heavy atom. The van der Waals surface area contributed by atoms with Crippen LogP contribution >= 0.6 is 11.8 Å². The van der Waals surface area contributed by atoms with Crippen molar-refractivity contribution in [1.29, 1.82) is 0 Å². The third-order valence-electron chi connectivity index (χ3n) is 6.32. The van der Waals surface area contributed by atoms with Crippen molar-refractivity contribution in [1.82, 2.24) is 9.78 Å². The molecule has 1 heterocycles. The molecule has 2 nitrogen and oxygen atoms in total. The second-order valence-corrected chi connectivity index (χ2v) is 22.0. The number of benzene rings is 4. The van der Waals surface area contributed by atoms with Gasteiger partial charge in [0.2, 0.25) is 0 Å². The molecule has 5 aromatic rings. The fraction of sp³-hybridized carbons (Fsp3) is 0.100. The van der Waals surface area contributed by atoms with Gasteiger partial charge in [-0.15, -0.1) is 0 Å². The summed E-state index contributed by atoms with van der Waals surface area (Å²) in [5.41, 5.74) is 2.26. The summed E-state index contributed by atoms with van der Waals surface area (Å²) in [6.45, 7) is 4.29. The van der Waals surface area contributed by atoms with Gasteiger partial charge in [-0.3, -0.25) is 0 Å². The molecule has 0 bridgehead atoms. The van der Waals surface area contributed by atoms with E-state index in [4.69, 9.17) is 5.10 Å². The zero-order valence-electron chi connectivity index (χ0n) is 19.5. The van der Waals surface area contributed by atoms with Gasteiger partial charge in [0, 0.05) is 0 Å². The summed E-state index contributed by atoms with van der Waals surface area (Å²) in [6, 6.07) is 46.6. The molecular formula is C30H28N2SSn. The molecule has 0 saturated heterocycles. The van der Waals surface area contributed by atoms with Crippen LogP contribution in [0.3, 0.4) is 0 Å². The first-order valence-corrected chi connectivity index (χ1v) is 18.4. The second-order valence-electron chi connectivity index (χ2n) is 8.56. The minimum absolute atomic E-state index is 0.151. The van der Waals surface area contributed by atoms with Gasteiger partial charge in [0.25, 0.3) is 0 Å². The summed E-state index contributed by atoms with van der Waals surface area (Å²) < 4.78 is 6.83. The molecule has 0 aliphatic rings. The average molecular weight is 567 g/mol. The van der Waals surface area contributed by atoms with E-state index in [0.717, 1.165) is 5.69 Å². The molecule has 0 N–H and O–H groups in total. The van der Waals surface area contributed by atoms with Crippen LogP contribution in [0.15, 0.2) is 132 Å². The van der Waals surface area contributed by atoms with Gasteiger partial charge in [-0.2, -0.15) is 0 Å². The Morgan fingerprint density at radius 3 is 1.41 bits per heavy atom. The molecule has 0 aliphatic heterocycles. The van der Waals surface area contributed by atoms with Crippen molar-refractivity contribution < 1.29 is 0 Å². The van der Waals surface area contributed by atoms with Gasteiger partial charge in [-0.05, 0) is 0 Å². The van der Waals surface area contributed by atoms with Crippen LogP contribution in [0.2, 0.25) is 0 Å². The van der Waals surface area contributed by atoms with E-state index in [1.54, 1.807) is 0 Å². The molecule has 168 valence electrons. The van der Waals surface area contributed by atoms with E-state index in [1.807, 2.05) is 11.8 Å². The van der Waals surface area contributed by atoms with Crippen molar-refractivity contribution in [2.24, 2.45) is 0 Å². The van der Waals surface area contributed by atoms with Gasteiger partial charge in [-0.1, -0.05) is 0 Å². The molecule has 4 heteroatoms. The summed E-state index contributed by atoms with van der Waals surface area (Å²) in [4.78, 5) is 1.27. The molecule has 5 rings (SSSR count). The molecule has 34 heavy (non-hydrogen) atoms. The van der Waals surface area contributed by atoms with Crippen LogP contribution < -0.4 is 10.7 Å². The first kappa shape index (κ1) is 23.0. The van der Waals surface area contributed by atoms with E-state index >= 15 is 0 Å². The molecule has 0 fully saturated rings. The minimum atomic E-state index is -3.73. The van der Waals surface area contributed by atoms with Crippen molar-refractivity contribution in [3.8, 4) is 0 Å². The Kier molecular flexibility index (Phi) is 6.93. The summed E-state index contributed by atoms with van der Waals surface area (Å²) in [7, 11) is 0. The maximum atomic E-state index is 5.10. The first-order chi connectivity index (χ1) is 16.7. The zero-order chi connectivity index (χ0) is 23.4. The normalized spacial score (nSPS) is 12.4. The summed E-state index contributed by atoms with van der Waals surface area (Å²) in [5.74, 6) is 0. The standard InChI is InChI=1S/C12H13N2S.3C6H5.Sn/c1-10-8-11(2)14(13-10)9-15-12-6-4-3-5-7-12;3*1-2-4-6-5-3-1;/h3-9H,1-2H3;3*1-5H;. The van der Waals surface area contributed by atoms with Crippen LogP contribution in [0.5, 0.6) is 0 Å². The number of hydrogen-bond donors (Lipinski definition) is 0. The number of rotatable bonds is 7. The van der Waals surface area contributed by atoms with E-state index in [2.05, 4.69) is 146 Å². The molecular weight excluding hydrogens is 539 g/mol.